The third-order valence-electron chi connectivity index (χ3n) is 3.30. The number of piperidine rings is 1. The van der Waals surface area contributed by atoms with Crippen LogP contribution in [0.4, 0.5) is 0 Å². The van der Waals surface area contributed by atoms with Crippen LogP contribution in [-0.2, 0) is 0 Å². The molecule has 0 spiro atoms. The van der Waals surface area contributed by atoms with Crippen molar-refractivity contribution in [2.24, 2.45) is 0 Å². The molecule has 0 radical (unpaired) electrons. The zero-order valence-electron chi connectivity index (χ0n) is 10.9. The first-order valence-corrected chi connectivity index (χ1v) is 6.58. The highest BCUT2D eigenvalue weighted by Gasteiger charge is 2.26. The van der Waals surface area contributed by atoms with Crippen LogP contribution in [0.2, 0.25) is 0 Å². The van der Waals surface area contributed by atoms with Crippen LogP contribution in [0.1, 0.15) is 23.4 Å². The first-order valence-electron chi connectivity index (χ1n) is 6.58. The Labute approximate surface area is 116 Å². The second-order valence-corrected chi connectivity index (χ2v) is 4.63. The van der Waals surface area contributed by atoms with Gasteiger partial charge in [-0.15, -0.1) is 0 Å². The summed E-state index contributed by atoms with van der Waals surface area (Å²) in [5, 5.41) is 0. The normalized spacial score (nSPS) is 16.1. The molecule has 1 amide bonds. The van der Waals surface area contributed by atoms with E-state index in [0.29, 0.717) is 24.7 Å². The molecule has 6 nitrogen and oxygen atoms in total. The van der Waals surface area contributed by atoms with Crippen molar-refractivity contribution in [1.82, 2.24) is 14.9 Å². The minimum atomic E-state index is -0.0597. The number of carbonyl (C=O) groups excluding carboxylic acids is 1. The molecule has 0 aliphatic carbocycles. The smallest absolute Gasteiger partial charge is 0.289 e. The molecule has 1 saturated heterocycles. The third kappa shape index (κ3) is 2.79. The van der Waals surface area contributed by atoms with Gasteiger partial charge in [0.05, 0.1) is 6.26 Å². The summed E-state index contributed by atoms with van der Waals surface area (Å²) < 4.78 is 10.9. The quantitative estimate of drug-likeness (QED) is 0.852. The summed E-state index contributed by atoms with van der Waals surface area (Å²) in [5.41, 5.74) is 0. The summed E-state index contributed by atoms with van der Waals surface area (Å²) in [5.74, 6) is 0.909. The number of rotatable bonds is 3. The number of aromatic nitrogens is 2. The van der Waals surface area contributed by atoms with Crippen molar-refractivity contribution in [1.29, 1.82) is 0 Å². The Bertz CT molecular complexity index is 548. The molecule has 3 heterocycles. The Morgan fingerprint density at radius 3 is 2.85 bits per heavy atom. The van der Waals surface area contributed by atoms with E-state index in [2.05, 4.69) is 9.97 Å². The van der Waals surface area contributed by atoms with Crippen LogP contribution in [0.15, 0.2) is 41.4 Å². The highest BCUT2D eigenvalue weighted by molar-refractivity contribution is 5.91. The number of furan rings is 1. The van der Waals surface area contributed by atoms with Crippen molar-refractivity contribution in [3.8, 4) is 5.88 Å². The first-order chi connectivity index (χ1) is 9.83. The SMILES string of the molecule is O=C(c1ccco1)N1CCC(Oc2ccncn2)CC1. The van der Waals surface area contributed by atoms with Gasteiger partial charge in [0.15, 0.2) is 5.76 Å². The van der Waals surface area contributed by atoms with E-state index in [1.54, 1.807) is 29.3 Å². The number of likely N-dealkylation sites (tertiary alicyclic amines) is 1. The van der Waals surface area contributed by atoms with E-state index in [4.69, 9.17) is 9.15 Å². The number of ether oxygens (including phenoxy) is 1. The molecule has 3 rings (SSSR count). The van der Waals surface area contributed by atoms with Gasteiger partial charge in [-0.1, -0.05) is 0 Å². The molecule has 0 N–H and O–H groups in total. The minimum Gasteiger partial charge on any atom is -0.474 e. The van der Waals surface area contributed by atoms with Crippen LogP contribution in [-0.4, -0.2) is 40.0 Å². The van der Waals surface area contributed by atoms with Gasteiger partial charge in [-0.05, 0) is 12.1 Å². The molecule has 2 aromatic heterocycles. The molecule has 0 saturated carbocycles. The molecule has 6 heteroatoms. The first kappa shape index (κ1) is 12.7. The van der Waals surface area contributed by atoms with Crippen LogP contribution in [0.5, 0.6) is 5.88 Å². The lowest BCUT2D eigenvalue weighted by Crippen LogP contribution is -2.41. The molecule has 0 bridgehead atoms. The number of hydrogen-bond acceptors (Lipinski definition) is 5. The Morgan fingerprint density at radius 2 is 2.20 bits per heavy atom. The van der Waals surface area contributed by atoms with E-state index in [1.165, 1.54) is 12.6 Å². The maximum atomic E-state index is 12.1. The summed E-state index contributed by atoms with van der Waals surface area (Å²) >= 11 is 0. The maximum Gasteiger partial charge on any atom is 0.289 e. The average Bonchev–Trinajstić information content (AvgIpc) is 3.03. The van der Waals surface area contributed by atoms with E-state index >= 15 is 0 Å². The maximum absolute atomic E-state index is 12.1. The van der Waals surface area contributed by atoms with Gasteiger partial charge >= 0.3 is 0 Å². The van der Waals surface area contributed by atoms with Crippen LogP contribution in [0, 0.1) is 0 Å². The summed E-state index contributed by atoms with van der Waals surface area (Å²) in [4.78, 5) is 21.8. The van der Waals surface area contributed by atoms with Crippen LogP contribution < -0.4 is 4.74 Å². The molecule has 1 fully saturated rings. The van der Waals surface area contributed by atoms with Crippen molar-refractivity contribution in [2.45, 2.75) is 18.9 Å². The molecule has 20 heavy (non-hydrogen) atoms. The molecular formula is C14H15N3O3. The van der Waals surface area contributed by atoms with E-state index in [9.17, 15) is 4.79 Å². The van der Waals surface area contributed by atoms with Crippen molar-refractivity contribution in [2.75, 3.05) is 13.1 Å². The van der Waals surface area contributed by atoms with Crippen molar-refractivity contribution < 1.29 is 13.9 Å². The van der Waals surface area contributed by atoms with Gasteiger partial charge in [-0.25, -0.2) is 9.97 Å². The third-order valence-corrected chi connectivity index (χ3v) is 3.30. The highest BCUT2D eigenvalue weighted by atomic mass is 16.5. The van der Waals surface area contributed by atoms with E-state index < -0.39 is 0 Å². The fourth-order valence-corrected chi connectivity index (χ4v) is 2.25. The molecule has 1 aliphatic rings. The monoisotopic (exact) mass is 273 g/mol. The van der Waals surface area contributed by atoms with E-state index in [-0.39, 0.29) is 12.0 Å². The molecule has 1 aliphatic heterocycles. The largest absolute Gasteiger partial charge is 0.474 e. The fourth-order valence-electron chi connectivity index (χ4n) is 2.25. The zero-order chi connectivity index (χ0) is 13.8. The molecule has 104 valence electrons. The predicted octanol–water partition coefficient (Wildman–Crippen LogP) is 1.75. The number of carbonyl (C=O) groups is 1. The lowest BCUT2D eigenvalue weighted by molar-refractivity contribution is 0.0559. The summed E-state index contributed by atoms with van der Waals surface area (Å²) in [6, 6.07) is 5.14. The second-order valence-electron chi connectivity index (χ2n) is 4.63. The molecular weight excluding hydrogens is 258 g/mol. The van der Waals surface area contributed by atoms with Gasteiger partial charge in [-0.3, -0.25) is 4.79 Å². The topological polar surface area (TPSA) is 68.5 Å². The van der Waals surface area contributed by atoms with Crippen LogP contribution >= 0.6 is 0 Å². The van der Waals surface area contributed by atoms with Gasteiger partial charge in [0.2, 0.25) is 5.88 Å². The van der Waals surface area contributed by atoms with Crippen LogP contribution in [0.3, 0.4) is 0 Å². The second kappa shape index (κ2) is 5.73. The van der Waals surface area contributed by atoms with Crippen molar-refractivity contribution >= 4 is 5.91 Å². The minimum absolute atomic E-state index is 0.0597. The highest BCUT2D eigenvalue weighted by Crippen LogP contribution is 2.18. The Morgan fingerprint density at radius 1 is 1.35 bits per heavy atom. The van der Waals surface area contributed by atoms with Crippen molar-refractivity contribution in [3.05, 3.63) is 42.7 Å². The van der Waals surface area contributed by atoms with Gasteiger partial charge in [0.25, 0.3) is 5.91 Å². The summed E-state index contributed by atoms with van der Waals surface area (Å²) in [6.45, 7) is 1.32. The van der Waals surface area contributed by atoms with Gasteiger partial charge in [-0.2, -0.15) is 0 Å². The van der Waals surface area contributed by atoms with E-state index in [0.717, 1.165) is 12.8 Å². The molecule has 2 aromatic rings. The van der Waals surface area contributed by atoms with Crippen molar-refractivity contribution in [3.63, 3.8) is 0 Å². The lowest BCUT2D eigenvalue weighted by Gasteiger charge is -2.31. The molecule has 0 aromatic carbocycles. The molecule has 0 unspecified atom stereocenters. The predicted molar refractivity (Wildman–Crippen MR) is 70.3 cm³/mol. The average molecular weight is 273 g/mol. The Balaban J connectivity index is 1.53. The van der Waals surface area contributed by atoms with Crippen LogP contribution in [0.25, 0.3) is 0 Å². The molecule has 0 atom stereocenters. The zero-order valence-corrected chi connectivity index (χ0v) is 10.9. The van der Waals surface area contributed by atoms with E-state index in [1.807, 2.05) is 0 Å². The standard InChI is InChI=1S/C14H15N3O3/c18-14(12-2-1-9-19-12)17-7-4-11(5-8-17)20-13-3-6-15-10-16-13/h1-3,6,9-11H,4-5,7-8H2. The fraction of sp³-hybridized carbons (Fsp3) is 0.357. The Hall–Kier alpha value is -2.37. The van der Waals surface area contributed by atoms with Gasteiger partial charge < -0.3 is 14.1 Å². The number of nitrogens with zero attached hydrogens (tertiary/aromatic N) is 3. The summed E-state index contributed by atoms with van der Waals surface area (Å²) in [7, 11) is 0. The van der Waals surface area contributed by atoms with Gasteiger partial charge in [0, 0.05) is 38.2 Å². The number of amides is 1. The Kier molecular flexibility index (Phi) is 3.62. The lowest BCUT2D eigenvalue weighted by atomic mass is 10.1. The summed E-state index contributed by atoms with van der Waals surface area (Å²) in [6.07, 6.45) is 6.29. The van der Waals surface area contributed by atoms with Gasteiger partial charge in [0.1, 0.15) is 12.4 Å². The number of hydrogen-bond donors (Lipinski definition) is 0.